The van der Waals surface area contributed by atoms with Gasteiger partial charge in [0.2, 0.25) is 5.91 Å². The van der Waals surface area contributed by atoms with Crippen molar-refractivity contribution in [1.82, 2.24) is 15.1 Å². The van der Waals surface area contributed by atoms with E-state index in [2.05, 4.69) is 19.2 Å². The molecule has 0 aromatic carbocycles. The number of urea groups is 1. The van der Waals surface area contributed by atoms with E-state index in [4.69, 9.17) is 0 Å². The van der Waals surface area contributed by atoms with E-state index < -0.39 is 11.6 Å². The number of likely N-dealkylation sites (tertiary alicyclic amines) is 1. The molecule has 6 nitrogen and oxygen atoms in total. The molecule has 0 unspecified atom stereocenters. The van der Waals surface area contributed by atoms with E-state index >= 15 is 0 Å². The standard InChI is InChI=1S/C18H29N3O3/c1-3-14-6-4-5-11-20(14)15(22)12-21-16(23)18(19-17(21)24)9-7-13(2)8-10-18/h13-14H,3-12H2,1-2H3,(H,19,24)/t13?,14-,18?/m0/s1. The lowest BCUT2D eigenvalue weighted by Gasteiger charge is -2.36. The number of piperidine rings is 1. The van der Waals surface area contributed by atoms with Crippen LogP contribution in [0.2, 0.25) is 0 Å². The first-order valence-electron chi connectivity index (χ1n) is 9.40. The highest BCUT2D eigenvalue weighted by atomic mass is 16.2. The lowest BCUT2D eigenvalue weighted by Crippen LogP contribution is -2.51. The Kier molecular flexibility index (Phi) is 4.83. The largest absolute Gasteiger partial charge is 0.338 e. The molecular weight excluding hydrogens is 306 g/mol. The highest BCUT2D eigenvalue weighted by Gasteiger charge is 2.52. The molecule has 1 aliphatic carbocycles. The van der Waals surface area contributed by atoms with Crippen molar-refractivity contribution in [2.45, 2.75) is 76.8 Å². The SMILES string of the molecule is CC[C@H]1CCCCN1C(=O)CN1C(=O)NC2(CCC(C)CC2)C1=O. The van der Waals surface area contributed by atoms with Crippen LogP contribution in [0.25, 0.3) is 0 Å². The third-order valence-electron chi connectivity index (χ3n) is 6.09. The number of hydrogen-bond donors (Lipinski definition) is 1. The number of hydrogen-bond acceptors (Lipinski definition) is 3. The normalized spacial score (nSPS) is 33.9. The van der Waals surface area contributed by atoms with Crippen molar-refractivity contribution in [1.29, 1.82) is 0 Å². The molecule has 2 aliphatic heterocycles. The van der Waals surface area contributed by atoms with E-state index in [0.717, 1.165) is 50.0 Å². The van der Waals surface area contributed by atoms with Gasteiger partial charge in [-0.3, -0.25) is 14.5 Å². The lowest BCUT2D eigenvalue weighted by molar-refractivity contribution is -0.141. The number of nitrogens with one attached hydrogen (secondary N) is 1. The summed E-state index contributed by atoms with van der Waals surface area (Å²) in [6, 6.07) is -0.149. The Hall–Kier alpha value is -1.59. The topological polar surface area (TPSA) is 69.7 Å². The van der Waals surface area contributed by atoms with Crippen LogP contribution in [-0.2, 0) is 9.59 Å². The smallest absolute Gasteiger partial charge is 0.325 e. The third kappa shape index (κ3) is 3.03. The van der Waals surface area contributed by atoms with Crippen LogP contribution in [0.3, 0.4) is 0 Å². The van der Waals surface area contributed by atoms with Crippen molar-refractivity contribution in [3.8, 4) is 0 Å². The summed E-state index contributed by atoms with van der Waals surface area (Å²) in [5, 5.41) is 2.89. The van der Waals surface area contributed by atoms with Crippen molar-refractivity contribution in [2.24, 2.45) is 5.92 Å². The van der Waals surface area contributed by atoms with Crippen LogP contribution in [0.4, 0.5) is 4.79 Å². The molecule has 6 heteroatoms. The molecule has 1 atom stereocenters. The van der Waals surface area contributed by atoms with E-state index in [1.807, 2.05) is 4.90 Å². The van der Waals surface area contributed by atoms with E-state index in [-0.39, 0.29) is 24.4 Å². The Morgan fingerprint density at radius 3 is 2.58 bits per heavy atom. The molecule has 1 saturated carbocycles. The van der Waals surface area contributed by atoms with Crippen molar-refractivity contribution >= 4 is 17.8 Å². The average molecular weight is 335 g/mol. The third-order valence-corrected chi connectivity index (χ3v) is 6.09. The van der Waals surface area contributed by atoms with Crippen LogP contribution in [0, 0.1) is 5.92 Å². The van der Waals surface area contributed by atoms with Crippen molar-refractivity contribution < 1.29 is 14.4 Å². The Labute approximate surface area is 143 Å². The minimum atomic E-state index is -0.754. The van der Waals surface area contributed by atoms with Crippen LogP contribution in [0.1, 0.15) is 65.2 Å². The zero-order valence-electron chi connectivity index (χ0n) is 14.8. The van der Waals surface area contributed by atoms with E-state index in [1.165, 1.54) is 0 Å². The summed E-state index contributed by atoms with van der Waals surface area (Å²) in [5.74, 6) is 0.304. The van der Waals surface area contributed by atoms with Gasteiger partial charge >= 0.3 is 6.03 Å². The molecule has 1 N–H and O–H groups in total. The zero-order chi connectivity index (χ0) is 17.3. The maximum absolute atomic E-state index is 12.8. The zero-order valence-corrected chi connectivity index (χ0v) is 14.8. The Morgan fingerprint density at radius 2 is 1.92 bits per heavy atom. The fourth-order valence-electron chi connectivity index (χ4n) is 4.39. The number of carbonyl (C=O) groups is 3. The molecule has 3 fully saturated rings. The summed E-state index contributed by atoms with van der Waals surface area (Å²) in [6.45, 7) is 4.89. The van der Waals surface area contributed by atoms with Gasteiger partial charge in [-0.05, 0) is 57.3 Å². The molecule has 3 rings (SSSR count). The molecule has 134 valence electrons. The second-order valence-electron chi connectivity index (χ2n) is 7.73. The molecule has 3 aliphatic rings. The monoisotopic (exact) mass is 335 g/mol. The van der Waals surface area contributed by atoms with Gasteiger partial charge in [0.05, 0.1) is 0 Å². The van der Waals surface area contributed by atoms with E-state index in [9.17, 15) is 14.4 Å². The van der Waals surface area contributed by atoms with Gasteiger partial charge in [-0.2, -0.15) is 0 Å². The molecule has 24 heavy (non-hydrogen) atoms. The van der Waals surface area contributed by atoms with Crippen molar-refractivity contribution in [3.05, 3.63) is 0 Å². The summed E-state index contributed by atoms with van der Waals surface area (Å²) in [5.41, 5.74) is -0.754. The lowest BCUT2D eigenvalue weighted by atomic mass is 9.77. The van der Waals surface area contributed by atoms with Crippen LogP contribution in [0.15, 0.2) is 0 Å². The first-order valence-corrected chi connectivity index (χ1v) is 9.40. The molecule has 4 amide bonds. The van der Waals surface area contributed by atoms with Crippen molar-refractivity contribution in [3.63, 3.8) is 0 Å². The number of nitrogens with zero attached hydrogens (tertiary/aromatic N) is 2. The predicted molar refractivity (Wildman–Crippen MR) is 90.3 cm³/mol. The quantitative estimate of drug-likeness (QED) is 0.805. The summed E-state index contributed by atoms with van der Waals surface area (Å²) >= 11 is 0. The van der Waals surface area contributed by atoms with Gasteiger partial charge in [-0.25, -0.2) is 4.79 Å². The number of carbonyl (C=O) groups excluding carboxylic acids is 3. The predicted octanol–water partition coefficient (Wildman–Crippen LogP) is 2.28. The first kappa shape index (κ1) is 17.2. The van der Waals surface area contributed by atoms with E-state index in [0.29, 0.717) is 18.8 Å². The number of rotatable bonds is 3. The Morgan fingerprint density at radius 1 is 1.21 bits per heavy atom. The van der Waals surface area contributed by atoms with Crippen LogP contribution in [-0.4, -0.2) is 52.3 Å². The fourth-order valence-corrected chi connectivity index (χ4v) is 4.39. The highest BCUT2D eigenvalue weighted by molar-refractivity contribution is 6.09. The molecular formula is C18H29N3O3. The van der Waals surface area contributed by atoms with Gasteiger partial charge in [0.15, 0.2) is 0 Å². The van der Waals surface area contributed by atoms with Crippen LogP contribution in [0.5, 0.6) is 0 Å². The van der Waals surface area contributed by atoms with Gasteiger partial charge in [0.25, 0.3) is 5.91 Å². The maximum atomic E-state index is 12.8. The van der Waals surface area contributed by atoms with Crippen LogP contribution < -0.4 is 5.32 Å². The Balaban J connectivity index is 1.67. The van der Waals surface area contributed by atoms with Gasteiger partial charge < -0.3 is 10.2 Å². The minimum Gasteiger partial charge on any atom is -0.338 e. The molecule has 0 aromatic heterocycles. The maximum Gasteiger partial charge on any atom is 0.325 e. The summed E-state index contributed by atoms with van der Waals surface area (Å²) in [6.07, 6.45) is 7.35. The second kappa shape index (κ2) is 6.73. The molecule has 2 heterocycles. The van der Waals surface area contributed by atoms with Crippen LogP contribution >= 0.6 is 0 Å². The van der Waals surface area contributed by atoms with Gasteiger partial charge in [-0.15, -0.1) is 0 Å². The first-order chi connectivity index (χ1) is 11.5. The van der Waals surface area contributed by atoms with Crippen molar-refractivity contribution in [2.75, 3.05) is 13.1 Å². The minimum absolute atomic E-state index is 0.0914. The summed E-state index contributed by atoms with van der Waals surface area (Å²) in [4.78, 5) is 40.9. The fraction of sp³-hybridized carbons (Fsp3) is 0.833. The number of amides is 4. The second-order valence-corrected chi connectivity index (χ2v) is 7.73. The molecule has 0 bridgehead atoms. The molecule has 0 radical (unpaired) electrons. The van der Waals surface area contributed by atoms with Gasteiger partial charge in [-0.1, -0.05) is 13.8 Å². The Bertz CT molecular complexity index is 526. The summed E-state index contributed by atoms with van der Waals surface area (Å²) in [7, 11) is 0. The molecule has 1 spiro atoms. The van der Waals surface area contributed by atoms with E-state index in [1.54, 1.807) is 0 Å². The molecule has 0 aromatic rings. The van der Waals surface area contributed by atoms with Gasteiger partial charge in [0, 0.05) is 12.6 Å². The average Bonchev–Trinajstić information content (AvgIpc) is 2.82. The molecule has 2 saturated heterocycles. The highest BCUT2D eigenvalue weighted by Crippen LogP contribution is 2.36. The number of imide groups is 1. The summed E-state index contributed by atoms with van der Waals surface area (Å²) < 4.78 is 0. The van der Waals surface area contributed by atoms with Gasteiger partial charge in [0.1, 0.15) is 12.1 Å².